The lowest BCUT2D eigenvalue weighted by Crippen LogP contribution is -2.39. The largest absolute Gasteiger partial charge is 0.468 e. The number of aryl methyl sites for hydroxylation is 1. The van der Waals surface area contributed by atoms with E-state index >= 15 is 0 Å². The molecule has 1 heterocycles. The zero-order chi connectivity index (χ0) is 14.3. The smallest absolute Gasteiger partial charge is 0.324 e. The van der Waals surface area contributed by atoms with Gasteiger partial charge >= 0.3 is 11.9 Å². The zero-order valence-electron chi connectivity index (χ0n) is 11.7. The van der Waals surface area contributed by atoms with Crippen molar-refractivity contribution in [3.8, 4) is 0 Å². The molecule has 1 aliphatic heterocycles. The Balaban J connectivity index is 1.99. The van der Waals surface area contributed by atoms with E-state index in [1.54, 1.807) is 0 Å². The summed E-state index contributed by atoms with van der Waals surface area (Å²) in [5, 5.41) is 0. The molecule has 3 atom stereocenters. The lowest BCUT2D eigenvalue weighted by molar-refractivity contribution is -0.163. The van der Waals surface area contributed by atoms with Crippen molar-refractivity contribution in [2.75, 3.05) is 7.11 Å². The summed E-state index contributed by atoms with van der Waals surface area (Å²) in [6, 6.07) is 7.93. The molecule has 1 aromatic rings. The molecule has 0 aromatic heterocycles. The number of hydrogen-bond acceptors (Lipinski definition) is 4. The van der Waals surface area contributed by atoms with Crippen molar-refractivity contribution in [1.82, 2.24) is 0 Å². The Morgan fingerprint density at radius 3 is 2.70 bits per heavy atom. The number of hydrogen-bond donors (Lipinski definition) is 0. The van der Waals surface area contributed by atoms with Crippen molar-refractivity contribution in [3.05, 3.63) is 35.4 Å². The predicted molar refractivity (Wildman–Crippen MR) is 71.8 cm³/mol. The van der Waals surface area contributed by atoms with Gasteiger partial charge in [0, 0.05) is 5.92 Å². The SMILES string of the molecule is COC(=O)[C@]12CCC[C@H]1[C@H](c1ccc(C)cc1)OC2=O. The minimum absolute atomic E-state index is 0.106. The summed E-state index contributed by atoms with van der Waals surface area (Å²) in [4.78, 5) is 24.4. The van der Waals surface area contributed by atoms with Gasteiger partial charge in [-0.15, -0.1) is 0 Å². The van der Waals surface area contributed by atoms with Crippen LogP contribution in [0.15, 0.2) is 24.3 Å². The first kappa shape index (κ1) is 13.2. The number of ether oxygens (including phenoxy) is 2. The monoisotopic (exact) mass is 274 g/mol. The molecular weight excluding hydrogens is 256 g/mol. The lowest BCUT2D eigenvalue weighted by Gasteiger charge is -2.22. The van der Waals surface area contributed by atoms with Crippen molar-refractivity contribution >= 4 is 11.9 Å². The highest BCUT2D eigenvalue weighted by Crippen LogP contribution is 2.57. The Morgan fingerprint density at radius 1 is 1.35 bits per heavy atom. The van der Waals surface area contributed by atoms with Crippen molar-refractivity contribution in [2.24, 2.45) is 11.3 Å². The first-order valence-corrected chi connectivity index (χ1v) is 6.95. The van der Waals surface area contributed by atoms with Gasteiger partial charge in [0.1, 0.15) is 6.10 Å². The van der Waals surface area contributed by atoms with Crippen LogP contribution < -0.4 is 0 Å². The molecule has 4 nitrogen and oxygen atoms in total. The molecular formula is C16H18O4. The van der Waals surface area contributed by atoms with E-state index in [9.17, 15) is 9.59 Å². The summed E-state index contributed by atoms with van der Waals surface area (Å²) in [5.41, 5.74) is 1.04. The molecule has 0 radical (unpaired) electrons. The second-order valence-electron chi connectivity index (χ2n) is 5.70. The van der Waals surface area contributed by atoms with Gasteiger partial charge in [0.25, 0.3) is 0 Å². The molecule has 0 amide bonds. The quantitative estimate of drug-likeness (QED) is 0.614. The van der Waals surface area contributed by atoms with Gasteiger partial charge in [-0.1, -0.05) is 36.2 Å². The molecule has 3 rings (SSSR count). The van der Waals surface area contributed by atoms with E-state index in [4.69, 9.17) is 9.47 Å². The Bertz CT molecular complexity index is 548. The lowest BCUT2D eigenvalue weighted by atomic mass is 9.76. The van der Waals surface area contributed by atoms with Crippen molar-refractivity contribution in [2.45, 2.75) is 32.3 Å². The van der Waals surface area contributed by atoms with E-state index < -0.39 is 17.4 Å². The molecule has 1 aliphatic carbocycles. The number of carbonyl (C=O) groups is 2. The van der Waals surface area contributed by atoms with Crippen LogP contribution in [0.3, 0.4) is 0 Å². The molecule has 20 heavy (non-hydrogen) atoms. The Morgan fingerprint density at radius 2 is 2.05 bits per heavy atom. The number of methoxy groups -OCH3 is 1. The van der Waals surface area contributed by atoms with Crippen LogP contribution in [0.5, 0.6) is 0 Å². The zero-order valence-corrected chi connectivity index (χ0v) is 11.7. The molecule has 1 saturated carbocycles. The van der Waals surface area contributed by atoms with Crippen LogP contribution in [0.1, 0.15) is 36.5 Å². The molecule has 0 bridgehead atoms. The highest BCUT2D eigenvalue weighted by molar-refractivity contribution is 6.02. The topological polar surface area (TPSA) is 52.6 Å². The number of rotatable bonds is 2. The van der Waals surface area contributed by atoms with Crippen LogP contribution in [-0.2, 0) is 19.1 Å². The fourth-order valence-electron chi connectivity index (χ4n) is 3.57. The standard InChI is InChI=1S/C16H18O4/c1-10-5-7-11(8-6-10)13-12-4-3-9-16(12,14(17)19-2)15(18)20-13/h5-8,12-13H,3-4,9H2,1-2H3/t12-,13-,16-/m0/s1. The van der Waals surface area contributed by atoms with Crippen LogP contribution >= 0.6 is 0 Å². The summed E-state index contributed by atoms with van der Waals surface area (Å²) >= 11 is 0. The number of esters is 2. The Hall–Kier alpha value is -1.84. The fourth-order valence-corrected chi connectivity index (χ4v) is 3.57. The number of fused-ring (bicyclic) bond motifs is 1. The Labute approximate surface area is 118 Å². The number of benzene rings is 1. The Kier molecular flexibility index (Phi) is 3.04. The summed E-state index contributed by atoms with van der Waals surface area (Å²) in [7, 11) is 1.33. The average Bonchev–Trinajstić information content (AvgIpc) is 3.00. The summed E-state index contributed by atoms with van der Waals surface area (Å²) in [6.07, 6.45) is 1.88. The van der Waals surface area contributed by atoms with Gasteiger partial charge in [0.05, 0.1) is 7.11 Å². The molecule has 106 valence electrons. The van der Waals surface area contributed by atoms with E-state index in [1.807, 2.05) is 31.2 Å². The normalized spacial score (nSPS) is 31.8. The van der Waals surface area contributed by atoms with Crippen LogP contribution in [0, 0.1) is 18.3 Å². The van der Waals surface area contributed by atoms with Gasteiger partial charge in [-0.25, -0.2) is 0 Å². The number of cyclic esters (lactones) is 1. The third-order valence-corrected chi connectivity index (χ3v) is 4.64. The molecule has 2 aliphatic rings. The van der Waals surface area contributed by atoms with Gasteiger partial charge in [-0.05, 0) is 25.3 Å². The molecule has 0 N–H and O–H groups in total. The maximum Gasteiger partial charge on any atom is 0.324 e. The van der Waals surface area contributed by atoms with Crippen LogP contribution in [0.25, 0.3) is 0 Å². The average molecular weight is 274 g/mol. The van der Waals surface area contributed by atoms with Crippen molar-refractivity contribution < 1.29 is 19.1 Å². The highest BCUT2D eigenvalue weighted by atomic mass is 16.6. The summed E-state index contributed by atoms with van der Waals surface area (Å²) in [6.45, 7) is 2.01. The fraction of sp³-hybridized carbons (Fsp3) is 0.500. The van der Waals surface area contributed by atoms with Gasteiger partial charge in [0.2, 0.25) is 0 Å². The first-order valence-electron chi connectivity index (χ1n) is 6.95. The van der Waals surface area contributed by atoms with Crippen LogP contribution in [0.2, 0.25) is 0 Å². The molecule has 2 fully saturated rings. The maximum atomic E-state index is 12.3. The van der Waals surface area contributed by atoms with Crippen LogP contribution in [-0.4, -0.2) is 19.0 Å². The third-order valence-electron chi connectivity index (χ3n) is 4.64. The summed E-state index contributed by atoms with van der Waals surface area (Å²) in [5.74, 6) is -0.970. The first-order chi connectivity index (χ1) is 9.59. The molecule has 1 saturated heterocycles. The van der Waals surface area contributed by atoms with E-state index in [2.05, 4.69) is 0 Å². The van der Waals surface area contributed by atoms with E-state index in [0.29, 0.717) is 6.42 Å². The predicted octanol–water partition coefficient (Wildman–Crippen LogP) is 2.55. The molecule has 4 heteroatoms. The second kappa shape index (κ2) is 4.62. The molecule has 0 unspecified atom stereocenters. The molecule has 1 aromatic carbocycles. The van der Waals surface area contributed by atoms with E-state index in [0.717, 1.165) is 24.0 Å². The van der Waals surface area contributed by atoms with E-state index in [1.165, 1.54) is 7.11 Å². The van der Waals surface area contributed by atoms with Gasteiger partial charge < -0.3 is 9.47 Å². The maximum absolute atomic E-state index is 12.3. The third kappa shape index (κ3) is 1.67. The minimum Gasteiger partial charge on any atom is -0.468 e. The molecule has 0 spiro atoms. The van der Waals surface area contributed by atoms with Gasteiger partial charge in [-0.2, -0.15) is 0 Å². The van der Waals surface area contributed by atoms with E-state index in [-0.39, 0.29) is 12.0 Å². The highest BCUT2D eigenvalue weighted by Gasteiger charge is 2.65. The van der Waals surface area contributed by atoms with Crippen LogP contribution in [0.4, 0.5) is 0 Å². The number of carbonyl (C=O) groups excluding carboxylic acids is 2. The minimum atomic E-state index is -1.08. The van der Waals surface area contributed by atoms with Crippen molar-refractivity contribution in [1.29, 1.82) is 0 Å². The van der Waals surface area contributed by atoms with Gasteiger partial charge in [-0.3, -0.25) is 9.59 Å². The van der Waals surface area contributed by atoms with Gasteiger partial charge in [0.15, 0.2) is 5.41 Å². The summed E-state index contributed by atoms with van der Waals surface area (Å²) < 4.78 is 10.4. The van der Waals surface area contributed by atoms with Crippen molar-refractivity contribution in [3.63, 3.8) is 0 Å². The second-order valence-corrected chi connectivity index (χ2v) is 5.70.